The molecule has 2 rings (SSSR count). The van der Waals surface area contributed by atoms with Crippen LogP contribution >= 0.6 is 11.6 Å². The molecule has 1 aliphatic rings. The zero-order valence-electron chi connectivity index (χ0n) is 11.0. The van der Waals surface area contributed by atoms with Gasteiger partial charge in [0.25, 0.3) is 0 Å². The highest BCUT2D eigenvalue weighted by Crippen LogP contribution is 2.33. The molecule has 100 valence electrons. The minimum absolute atomic E-state index is 0.499. The van der Waals surface area contributed by atoms with Crippen LogP contribution in [0.4, 0.5) is 0 Å². The molecule has 1 N–H and O–H groups in total. The molecule has 0 aromatic heterocycles. The molecule has 1 fully saturated rings. The molecule has 4 heteroatoms. The van der Waals surface area contributed by atoms with Gasteiger partial charge in [-0.15, -0.1) is 0 Å². The highest BCUT2D eigenvalue weighted by Gasteiger charge is 2.18. The fourth-order valence-electron chi connectivity index (χ4n) is 2.43. The summed E-state index contributed by atoms with van der Waals surface area (Å²) in [4.78, 5) is 0. The topological polar surface area (TPSA) is 30.5 Å². The van der Waals surface area contributed by atoms with Crippen molar-refractivity contribution in [2.45, 2.75) is 31.7 Å². The van der Waals surface area contributed by atoms with Gasteiger partial charge in [0, 0.05) is 17.7 Å². The zero-order chi connectivity index (χ0) is 13.0. The van der Waals surface area contributed by atoms with E-state index in [1.807, 2.05) is 12.1 Å². The standard InChI is InChI=1S/C14H20ClNO2/c1-17-11-8-13(15)12(14(9-11)18-2)7-10-5-3-4-6-16-10/h8-10,16H,3-7H2,1-2H3. The maximum Gasteiger partial charge on any atom is 0.127 e. The maximum absolute atomic E-state index is 6.32. The van der Waals surface area contributed by atoms with Gasteiger partial charge in [0.1, 0.15) is 11.5 Å². The smallest absolute Gasteiger partial charge is 0.127 e. The van der Waals surface area contributed by atoms with Crippen LogP contribution in [0.1, 0.15) is 24.8 Å². The number of nitrogens with one attached hydrogen (secondary N) is 1. The lowest BCUT2D eigenvalue weighted by atomic mass is 9.97. The SMILES string of the molecule is COc1cc(Cl)c(CC2CCCCN2)c(OC)c1. The molecule has 0 aliphatic carbocycles. The van der Waals surface area contributed by atoms with Crippen molar-refractivity contribution in [2.75, 3.05) is 20.8 Å². The Morgan fingerprint density at radius 2 is 2.11 bits per heavy atom. The predicted octanol–water partition coefficient (Wildman–Crippen LogP) is 3.04. The van der Waals surface area contributed by atoms with Crippen molar-refractivity contribution >= 4 is 11.6 Å². The van der Waals surface area contributed by atoms with E-state index >= 15 is 0 Å². The molecule has 1 aliphatic heterocycles. The number of benzene rings is 1. The van der Waals surface area contributed by atoms with Gasteiger partial charge in [-0.25, -0.2) is 0 Å². The molecule has 0 saturated carbocycles. The molecule has 1 aromatic carbocycles. The molecule has 3 nitrogen and oxygen atoms in total. The molecule has 1 aromatic rings. The Hall–Kier alpha value is -0.930. The molecule has 18 heavy (non-hydrogen) atoms. The van der Waals surface area contributed by atoms with Crippen LogP contribution in [0, 0.1) is 0 Å². The van der Waals surface area contributed by atoms with Crippen LogP contribution in [0.3, 0.4) is 0 Å². The molecule has 0 amide bonds. The number of methoxy groups -OCH3 is 2. The molecule has 0 radical (unpaired) electrons. The summed E-state index contributed by atoms with van der Waals surface area (Å²) < 4.78 is 10.6. The van der Waals surface area contributed by atoms with Gasteiger partial charge in [0.2, 0.25) is 0 Å². The molecule has 1 saturated heterocycles. The van der Waals surface area contributed by atoms with Crippen molar-refractivity contribution in [2.24, 2.45) is 0 Å². The summed E-state index contributed by atoms with van der Waals surface area (Å²) in [5.74, 6) is 1.55. The third kappa shape index (κ3) is 3.09. The molecular formula is C14H20ClNO2. The highest BCUT2D eigenvalue weighted by atomic mass is 35.5. The van der Waals surface area contributed by atoms with E-state index in [0.29, 0.717) is 6.04 Å². The van der Waals surface area contributed by atoms with Crippen molar-refractivity contribution in [1.29, 1.82) is 0 Å². The summed E-state index contributed by atoms with van der Waals surface area (Å²) in [5.41, 5.74) is 1.07. The van der Waals surface area contributed by atoms with Crippen LogP contribution in [-0.4, -0.2) is 26.8 Å². The Morgan fingerprint density at radius 1 is 1.28 bits per heavy atom. The molecule has 1 heterocycles. The van der Waals surface area contributed by atoms with E-state index in [1.165, 1.54) is 19.3 Å². The number of ether oxygens (including phenoxy) is 2. The first kappa shape index (κ1) is 13.5. The fraction of sp³-hybridized carbons (Fsp3) is 0.571. The molecule has 0 bridgehead atoms. The summed E-state index contributed by atoms with van der Waals surface area (Å²) in [6.45, 7) is 1.10. The maximum atomic E-state index is 6.32. The molecule has 0 spiro atoms. The number of hydrogen-bond acceptors (Lipinski definition) is 3. The Balaban J connectivity index is 2.19. The van der Waals surface area contributed by atoms with Gasteiger partial charge in [0.15, 0.2) is 0 Å². The van der Waals surface area contributed by atoms with Gasteiger partial charge in [-0.3, -0.25) is 0 Å². The summed E-state index contributed by atoms with van der Waals surface area (Å²) in [6, 6.07) is 4.24. The lowest BCUT2D eigenvalue weighted by Crippen LogP contribution is -2.35. The Bertz CT molecular complexity index is 403. The van der Waals surface area contributed by atoms with E-state index in [4.69, 9.17) is 21.1 Å². The highest BCUT2D eigenvalue weighted by molar-refractivity contribution is 6.31. The molecule has 1 unspecified atom stereocenters. The number of piperidine rings is 1. The van der Waals surface area contributed by atoms with Crippen molar-refractivity contribution in [1.82, 2.24) is 5.32 Å². The number of hydrogen-bond donors (Lipinski definition) is 1. The van der Waals surface area contributed by atoms with E-state index in [9.17, 15) is 0 Å². The van der Waals surface area contributed by atoms with Crippen LogP contribution in [0.25, 0.3) is 0 Å². The quantitative estimate of drug-likeness (QED) is 0.911. The first-order valence-electron chi connectivity index (χ1n) is 6.38. The lowest BCUT2D eigenvalue weighted by molar-refractivity contribution is 0.375. The van der Waals surface area contributed by atoms with Gasteiger partial charge < -0.3 is 14.8 Å². The summed E-state index contributed by atoms with van der Waals surface area (Å²) >= 11 is 6.32. The summed E-state index contributed by atoms with van der Waals surface area (Å²) in [5, 5.41) is 4.25. The largest absolute Gasteiger partial charge is 0.497 e. The van der Waals surface area contributed by atoms with Crippen LogP contribution in [0.15, 0.2) is 12.1 Å². The normalized spacial score (nSPS) is 19.6. The Labute approximate surface area is 113 Å². The second kappa shape index (κ2) is 6.30. The van der Waals surface area contributed by atoms with E-state index < -0.39 is 0 Å². The Morgan fingerprint density at radius 3 is 2.72 bits per heavy atom. The molecular weight excluding hydrogens is 250 g/mol. The number of halogens is 1. The third-order valence-electron chi connectivity index (χ3n) is 3.45. The van der Waals surface area contributed by atoms with Gasteiger partial charge in [-0.2, -0.15) is 0 Å². The van der Waals surface area contributed by atoms with Crippen LogP contribution in [-0.2, 0) is 6.42 Å². The van der Waals surface area contributed by atoms with E-state index in [2.05, 4.69) is 5.32 Å². The minimum Gasteiger partial charge on any atom is -0.497 e. The summed E-state index contributed by atoms with van der Waals surface area (Å²) in [7, 11) is 3.30. The second-order valence-corrected chi connectivity index (χ2v) is 5.05. The summed E-state index contributed by atoms with van der Waals surface area (Å²) in [6.07, 6.45) is 4.66. The van der Waals surface area contributed by atoms with Crippen molar-refractivity contribution in [3.63, 3.8) is 0 Å². The van der Waals surface area contributed by atoms with E-state index in [1.54, 1.807) is 14.2 Å². The molecule has 1 atom stereocenters. The van der Waals surface area contributed by atoms with E-state index in [0.717, 1.165) is 35.1 Å². The Kier molecular flexibility index (Phi) is 4.72. The fourth-order valence-corrected chi connectivity index (χ4v) is 2.71. The van der Waals surface area contributed by atoms with Crippen LogP contribution in [0.5, 0.6) is 11.5 Å². The first-order valence-corrected chi connectivity index (χ1v) is 6.76. The van der Waals surface area contributed by atoms with Crippen LogP contribution < -0.4 is 14.8 Å². The average molecular weight is 270 g/mol. The van der Waals surface area contributed by atoms with Gasteiger partial charge in [0.05, 0.1) is 19.2 Å². The van der Waals surface area contributed by atoms with Crippen molar-refractivity contribution in [3.05, 3.63) is 22.7 Å². The van der Waals surface area contributed by atoms with Gasteiger partial charge >= 0.3 is 0 Å². The predicted molar refractivity (Wildman–Crippen MR) is 73.9 cm³/mol. The van der Waals surface area contributed by atoms with Crippen molar-refractivity contribution < 1.29 is 9.47 Å². The van der Waals surface area contributed by atoms with Gasteiger partial charge in [-0.05, 0) is 31.9 Å². The zero-order valence-corrected chi connectivity index (χ0v) is 11.7. The van der Waals surface area contributed by atoms with Gasteiger partial charge in [-0.1, -0.05) is 18.0 Å². The van der Waals surface area contributed by atoms with E-state index in [-0.39, 0.29) is 0 Å². The lowest BCUT2D eigenvalue weighted by Gasteiger charge is -2.24. The third-order valence-corrected chi connectivity index (χ3v) is 3.78. The monoisotopic (exact) mass is 269 g/mol. The van der Waals surface area contributed by atoms with Crippen LogP contribution in [0.2, 0.25) is 5.02 Å². The second-order valence-electron chi connectivity index (χ2n) is 4.64. The average Bonchev–Trinajstić information content (AvgIpc) is 2.42. The van der Waals surface area contributed by atoms with Crippen molar-refractivity contribution in [3.8, 4) is 11.5 Å². The number of rotatable bonds is 4. The first-order chi connectivity index (χ1) is 8.74. The minimum atomic E-state index is 0.499.